The van der Waals surface area contributed by atoms with Crippen LogP contribution < -0.4 is 9.74 Å². The molecule has 8 heteroatoms. The first-order valence-corrected chi connectivity index (χ1v) is 8.91. The number of thiophene rings is 1. The summed E-state index contributed by atoms with van der Waals surface area (Å²) in [5.41, 5.74) is -0.249. The predicted molar refractivity (Wildman–Crippen MR) is 84.7 cm³/mol. The number of benzene rings is 1. The Hall–Kier alpha value is -2.19. The Morgan fingerprint density at radius 2 is 1.95 bits per heavy atom. The third-order valence-corrected chi connectivity index (χ3v) is 4.95. The zero-order valence-corrected chi connectivity index (χ0v) is 13.0. The lowest BCUT2D eigenvalue weighted by molar-refractivity contribution is 0.480. The van der Waals surface area contributed by atoms with E-state index in [1.807, 2.05) is 0 Å². The van der Waals surface area contributed by atoms with E-state index in [1.165, 1.54) is 22.2 Å². The van der Waals surface area contributed by atoms with E-state index >= 15 is 0 Å². The Kier molecular flexibility index (Phi) is 3.95. The smallest absolute Gasteiger partial charge is 0.310 e. The zero-order chi connectivity index (χ0) is 15.6. The first-order chi connectivity index (χ1) is 10.6. The molecule has 0 aliphatic rings. The molecule has 0 aliphatic carbocycles. The molecule has 22 heavy (non-hydrogen) atoms. The van der Waals surface area contributed by atoms with E-state index in [4.69, 9.17) is 4.18 Å². The lowest BCUT2D eigenvalue weighted by Crippen LogP contribution is -2.25. The average molecular weight is 336 g/mol. The molecule has 2 aromatic heterocycles. The number of aromatic nitrogens is 2. The largest absolute Gasteiger partial charge is 0.382 e. The molecule has 2 heterocycles. The van der Waals surface area contributed by atoms with E-state index in [2.05, 4.69) is 4.98 Å². The first kappa shape index (κ1) is 14.7. The second-order valence-electron chi connectivity index (χ2n) is 4.54. The maximum absolute atomic E-state index is 12.2. The molecule has 3 rings (SSSR count). The highest BCUT2D eigenvalue weighted by Crippen LogP contribution is 2.14. The van der Waals surface area contributed by atoms with Gasteiger partial charge in [-0.15, -0.1) is 11.3 Å². The van der Waals surface area contributed by atoms with Gasteiger partial charge in [0.05, 0.1) is 11.7 Å². The highest BCUT2D eigenvalue weighted by atomic mass is 32.2. The van der Waals surface area contributed by atoms with Gasteiger partial charge in [-0.25, -0.2) is 4.98 Å². The molecular weight excluding hydrogens is 324 g/mol. The molecule has 1 aromatic carbocycles. The van der Waals surface area contributed by atoms with Gasteiger partial charge in [0.2, 0.25) is 0 Å². The Morgan fingerprint density at radius 1 is 1.18 bits per heavy atom. The fourth-order valence-corrected chi connectivity index (χ4v) is 3.56. The van der Waals surface area contributed by atoms with Crippen LogP contribution in [0.1, 0.15) is 0 Å². The van der Waals surface area contributed by atoms with Crippen molar-refractivity contribution in [3.8, 4) is 5.75 Å². The van der Waals surface area contributed by atoms with Crippen LogP contribution in [0, 0.1) is 0 Å². The molecule has 0 amide bonds. The fraction of sp³-hybridized carbons (Fsp3) is 0.143. The van der Waals surface area contributed by atoms with Crippen LogP contribution >= 0.6 is 11.3 Å². The third-order valence-electron chi connectivity index (χ3n) is 3.00. The molecule has 3 aromatic rings. The number of para-hydroxylation sites is 1. The van der Waals surface area contributed by atoms with Crippen LogP contribution in [0.15, 0.2) is 52.9 Å². The van der Waals surface area contributed by atoms with Crippen LogP contribution in [-0.2, 0) is 16.7 Å². The molecule has 6 nitrogen and oxygen atoms in total. The number of fused-ring (bicyclic) bond motifs is 1. The van der Waals surface area contributed by atoms with Gasteiger partial charge in [0.15, 0.2) is 0 Å². The summed E-state index contributed by atoms with van der Waals surface area (Å²) in [7, 11) is -3.77. The zero-order valence-electron chi connectivity index (χ0n) is 11.4. The van der Waals surface area contributed by atoms with Gasteiger partial charge in [0, 0.05) is 6.54 Å². The van der Waals surface area contributed by atoms with Crippen molar-refractivity contribution in [1.82, 2.24) is 9.55 Å². The minimum atomic E-state index is -3.77. The van der Waals surface area contributed by atoms with Gasteiger partial charge >= 0.3 is 10.1 Å². The number of rotatable bonds is 5. The SMILES string of the molecule is O=c1c2ccsc2ncn1CCS(=O)(=O)Oc1ccccc1. The van der Waals surface area contributed by atoms with Crippen molar-refractivity contribution in [3.63, 3.8) is 0 Å². The van der Waals surface area contributed by atoms with Gasteiger partial charge < -0.3 is 4.18 Å². The third kappa shape index (κ3) is 3.18. The van der Waals surface area contributed by atoms with E-state index < -0.39 is 10.1 Å². The van der Waals surface area contributed by atoms with Crippen molar-refractivity contribution in [2.75, 3.05) is 5.75 Å². The minimum Gasteiger partial charge on any atom is -0.382 e. The normalized spacial score (nSPS) is 11.6. The van der Waals surface area contributed by atoms with E-state index in [-0.39, 0.29) is 23.6 Å². The first-order valence-electron chi connectivity index (χ1n) is 6.45. The van der Waals surface area contributed by atoms with Crippen LogP contribution in [-0.4, -0.2) is 23.7 Å². The van der Waals surface area contributed by atoms with Crippen molar-refractivity contribution in [3.05, 3.63) is 58.5 Å². The van der Waals surface area contributed by atoms with Gasteiger partial charge in [0.25, 0.3) is 5.56 Å². The summed E-state index contributed by atoms with van der Waals surface area (Å²) >= 11 is 1.37. The van der Waals surface area contributed by atoms with Gasteiger partial charge in [-0.3, -0.25) is 9.36 Å². The molecule has 0 spiro atoms. The Bertz CT molecular complexity index is 946. The van der Waals surface area contributed by atoms with Crippen molar-refractivity contribution < 1.29 is 12.6 Å². The second kappa shape index (κ2) is 5.90. The van der Waals surface area contributed by atoms with Crippen molar-refractivity contribution in [2.24, 2.45) is 0 Å². The summed E-state index contributed by atoms with van der Waals surface area (Å²) in [6.07, 6.45) is 1.36. The Labute approximate surface area is 130 Å². The summed E-state index contributed by atoms with van der Waals surface area (Å²) in [6, 6.07) is 9.93. The molecule has 0 saturated heterocycles. The topological polar surface area (TPSA) is 78.3 Å². The second-order valence-corrected chi connectivity index (χ2v) is 7.13. The molecule has 0 fully saturated rings. The van der Waals surface area contributed by atoms with Gasteiger partial charge in [-0.2, -0.15) is 8.42 Å². The molecule has 0 atom stereocenters. The van der Waals surface area contributed by atoms with Gasteiger partial charge in [-0.05, 0) is 23.6 Å². The summed E-state index contributed by atoms with van der Waals surface area (Å²) in [5, 5.41) is 2.27. The van der Waals surface area contributed by atoms with Crippen molar-refractivity contribution in [1.29, 1.82) is 0 Å². The highest BCUT2D eigenvalue weighted by Gasteiger charge is 2.14. The number of hydrogen-bond donors (Lipinski definition) is 0. The van der Waals surface area contributed by atoms with E-state index in [0.29, 0.717) is 10.2 Å². The van der Waals surface area contributed by atoms with Crippen LogP contribution in [0.3, 0.4) is 0 Å². The molecule has 0 radical (unpaired) electrons. The molecule has 0 bridgehead atoms. The summed E-state index contributed by atoms with van der Waals surface area (Å²) in [5.74, 6) is -0.0553. The monoisotopic (exact) mass is 336 g/mol. The molecule has 0 aliphatic heterocycles. The number of nitrogens with zero attached hydrogens (tertiary/aromatic N) is 2. The van der Waals surface area contributed by atoms with E-state index in [0.717, 1.165) is 0 Å². The lowest BCUT2D eigenvalue weighted by Gasteiger charge is -2.08. The molecule has 114 valence electrons. The molecule has 0 unspecified atom stereocenters. The maximum Gasteiger partial charge on any atom is 0.310 e. The van der Waals surface area contributed by atoms with Gasteiger partial charge in [0.1, 0.15) is 16.3 Å². The summed E-state index contributed by atoms with van der Waals surface area (Å²) < 4.78 is 30.1. The summed E-state index contributed by atoms with van der Waals surface area (Å²) in [4.78, 5) is 16.9. The lowest BCUT2D eigenvalue weighted by atomic mass is 10.3. The quantitative estimate of drug-likeness (QED) is 0.665. The maximum atomic E-state index is 12.2. The van der Waals surface area contributed by atoms with Crippen LogP contribution in [0.25, 0.3) is 10.2 Å². The standard InChI is InChI=1S/C14H12N2O4S2/c17-14-12-6-8-21-13(12)15-10-16(14)7-9-22(18,19)20-11-4-2-1-3-5-11/h1-6,8,10H,7,9H2. The van der Waals surface area contributed by atoms with Crippen LogP contribution in [0.2, 0.25) is 0 Å². The highest BCUT2D eigenvalue weighted by molar-refractivity contribution is 7.87. The Morgan fingerprint density at radius 3 is 2.73 bits per heavy atom. The van der Waals surface area contributed by atoms with E-state index in [1.54, 1.807) is 41.8 Å². The Balaban J connectivity index is 1.75. The van der Waals surface area contributed by atoms with Crippen LogP contribution in [0.4, 0.5) is 0 Å². The number of hydrogen-bond acceptors (Lipinski definition) is 6. The summed E-state index contributed by atoms with van der Waals surface area (Å²) in [6.45, 7) is -0.00716. The average Bonchev–Trinajstić information content (AvgIpc) is 2.96. The molecular formula is C14H12N2O4S2. The van der Waals surface area contributed by atoms with Crippen molar-refractivity contribution in [2.45, 2.75) is 6.54 Å². The fourth-order valence-electron chi connectivity index (χ4n) is 1.93. The molecule has 0 N–H and O–H groups in total. The predicted octanol–water partition coefficient (Wildman–Crippen LogP) is 1.87. The van der Waals surface area contributed by atoms with Crippen LogP contribution in [0.5, 0.6) is 5.75 Å². The van der Waals surface area contributed by atoms with E-state index in [9.17, 15) is 13.2 Å². The van der Waals surface area contributed by atoms with Gasteiger partial charge in [-0.1, -0.05) is 18.2 Å². The van der Waals surface area contributed by atoms with Crippen molar-refractivity contribution >= 4 is 31.7 Å². The number of aryl methyl sites for hydroxylation is 1. The molecule has 0 saturated carbocycles. The minimum absolute atomic E-state index is 0.00716.